The number of benzene rings is 1. The maximum absolute atomic E-state index is 7.19. The van der Waals surface area contributed by atoms with Crippen LogP contribution in [0.2, 0.25) is 0 Å². The van der Waals surface area contributed by atoms with Crippen LogP contribution in [0.5, 0.6) is 0 Å². The molecule has 4 heteroatoms. The maximum Gasteiger partial charge on any atom is 0.306 e. The van der Waals surface area contributed by atoms with Crippen LogP contribution in [0.1, 0.15) is 97.5 Å². The van der Waals surface area contributed by atoms with Gasteiger partial charge in [-0.2, -0.15) is 0 Å². The quantitative estimate of drug-likeness (QED) is 0.222. The summed E-state index contributed by atoms with van der Waals surface area (Å²) in [5.74, 6) is -1.26. The fourth-order valence-corrected chi connectivity index (χ4v) is 3.61. The average Bonchev–Trinajstić information content (AvgIpc) is 2.76. The van der Waals surface area contributed by atoms with E-state index in [-0.39, 0.29) is 0 Å². The average molecular weight is 408 g/mol. The van der Waals surface area contributed by atoms with Crippen molar-refractivity contribution in [3.63, 3.8) is 0 Å². The molecule has 0 spiro atoms. The van der Waals surface area contributed by atoms with E-state index in [1.54, 1.807) is 0 Å². The maximum atomic E-state index is 7.19. The van der Waals surface area contributed by atoms with Gasteiger partial charge < -0.3 is 19.9 Å². The number of nitrogens with two attached hydrogens (primary N) is 1. The molecule has 29 heavy (non-hydrogen) atoms. The van der Waals surface area contributed by atoms with Gasteiger partial charge in [0.1, 0.15) is 5.54 Å². The fourth-order valence-electron chi connectivity index (χ4n) is 3.61. The Morgan fingerprint density at radius 3 is 1.62 bits per heavy atom. The molecule has 0 fully saturated rings. The standard InChI is InChI=1S/C25H45NO3/c1-5-9-10-11-12-16-19-24(26,23-17-14-13-15-18-23)25(27-20-6-2,28-21-7-3)29-22-8-4/h13-15,17-18H,5-12,16,19-22,26H2,1-4H3. The molecule has 1 aromatic carbocycles. The zero-order valence-electron chi connectivity index (χ0n) is 19.4. The smallest absolute Gasteiger partial charge is 0.306 e. The van der Waals surface area contributed by atoms with Gasteiger partial charge in [-0.1, -0.05) is 96.6 Å². The lowest BCUT2D eigenvalue weighted by atomic mass is 9.82. The molecule has 0 heterocycles. The van der Waals surface area contributed by atoms with E-state index in [2.05, 4.69) is 39.8 Å². The monoisotopic (exact) mass is 407 g/mol. The normalized spacial score (nSPS) is 14.1. The number of unbranched alkanes of at least 4 members (excludes halogenated alkanes) is 5. The Balaban J connectivity index is 3.18. The van der Waals surface area contributed by atoms with Crippen LogP contribution in [-0.4, -0.2) is 25.8 Å². The Labute approximate surface area is 179 Å². The summed E-state index contributed by atoms with van der Waals surface area (Å²) in [5.41, 5.74) is 7.34. The summed E-state index contributed by atoms with van der Waals surface area (Å²) in [6, 6.07) is 10.2. The van der Waals surface area contributed by atoms with Gasteiger partial charge in [-0.3, -0.25) is 0 Å². The highest BCUT2D eigenvalue weighted by atomic mass is 16.9. The first kappa shape index (κ1) is 26.1. The van der Waals surface area contributed by atoms with Crippen molar-refractivity contribution in [2.24, 2.45) is 5.73 Å². The molecule has 1 aromatic rings. The number of hydrogen-bond acceptors (Lipinski definition) is 4. The van der Waals surface area contributed by atoms with E-state index in [0.29, 0.717) is 19.8 Å². The van der Waals surface area contributed by atoms with Crippen molar-refractivity contribution in [3.05, 3.63) is 35.9 Å². The van der Waals surface area contributed by atoms with E-state index in [1.165, 1.54) is 25.7 Å². The molecule has 0 aliphatic heterocycles. The van der Waals surface area contributed by atoms with E-state index in [4.69, 9.17) is 19.9 Å². The molecule has 4 nitrogen and oxygen atoms in total. The van der Waals surface area contributed by atoms with Crippen LogP contribution in [0, 0.1) is 0 Å². The summed E-state index contributed by atoms with van der Waals surface area (Å²) in [6.07, 6.45) is 10.7. The minimum atomic E-state index is -1.26. The number of rotatable bonds is 18. The molecule has 0 saturated carbocycles. The third kappa shape index (κ3) is 8.01. The Kier molecular flexibility index (Phi) is 13.5. The summed E-state index contributed by atoms with van der Waals surface area (Å²) in [5, 5.41) is 0. The zero-order chi connectivity index (χ0) is 21.4. The lowest BCUT2D eigenvalue weighted by molar-refractivity contribution is -0.414. The topological polar surface area (TPSA) is 53.7 Å². The second kappa shape index (κ2) is 15.0. The van der Waals surface area contributed by atoms with Crippen molar-refractivity contribution >= 4 is 0 Å². The fraction of sp³-hybridized carbons (Fsp3) is 0.760. The summed E-state index contributed by atoms with van der Waals surface area (Å²) >= 11 is 0. The molecular weight excluding hydrogens is 362 g/mol. The van der Waals surface area contributed by atoms with E-state index in [9.17, 15) is 0 Å². The summed E-state index contributed by atoms with van der Waals surface area (Å²) in [6.45, 7) is 10.2. The van der Waals surface area contributed by atoms with Gasteiger partial charge in [-0.15, -0.1) is 0 Å². The summed E-state index contributed by atoms with van der Waals surface area (Å²) < 4.78 is 19.0. The van der Waals surface area contributed by atoms with E-state index < -0.39 is 11.5 Å². The van der Waals surface area contributed by atoms with Crippen LogP contribution >= 0.6 is 0 Å². The minimum absolute atomic E-state index is 0.551. The molecular formula is C25H45NO3. The largest absolute Gasteiger partial charge is 0.326 e. The first-order valence-corrected chi connectivity index (χ1v) is 11.9. The number of hydrogen-bond donors (Lipinski definition) is 1. The molecule has 0 aromatic heterocycles. The highest BCUT2D eigenvalue weighted by Gasteiger charge is 2.54. The molecule has 168 valence electrons. The Morgan fingerprint density at radius 2 is 1.14 bits per heavy atom. The van der Waals surface area contributed by atoms with E-state index in [1.807, 2.05) is 18.2 Å². The summed E-state index contributed by atoms with van der Waals surface area (Å²) in [4.78, 5) is 0. The second-order valence-corrected chi connectivity index (χ2v) is 7.96. The van der Waals surface area contributed by atoms with Crippen LogP contribution in [0.25, 0.3) is 0 Å². The van der Waals surface area contributed by atoms with Crippen molar-refractivity contribution in [2.75, 3.05) is 19.8 Å². The molecule has 0 amide bonds. The molecule has 0 bridgehead atoms. The van der Waals surface area contributed by atoms with Gasteiger partial charge in [-0.05, 0) is 31.2 Å². The first-order valence-electron chi connectivity index (χ1n) is 11.9. The van der Waals surface area contributed by atoms with Gasteiger partial charge in [0, 0.05) is 0 Å². The third-order valence-electron chi connectivity index (χ3n) is 5.25. The Bertz CT molecular complexity index is 486. The van der Waals surface area contributed by atoms with Crippen molar-refractivity contribution in [2.45, 2.75) is 103 Å². The van der Waals surface area contributed by atoms with Crippen LogP contribution < -0.4 is 5.73 Å². The Morgan fingerprint density at radius 1 is 0.655 bits per heavy atom. The molecule has 0 saturated heterocycles. The predicted octanol–water partition coefficient (Wildman–Crippen LogP) is 6.52. The molecule has 2 N–H and O–H groups in total. The second-order valence-electron chi connectivity index (χ2n) is 7.96. The van der Waals surface area contributed by atoms with Crippen molar-refractivity contribution in [3.8, 4) is 0 Å². The van der Waals surface area contributed by atoms with Crippen molar-refractivity contribution in [1.29, 1.82) is 0 Å². The molecule has 1 rings (SSSR count). The van der Waals surface area contributed by atoms with E-state index in [0.717, 1.165) is 44.1 Å². The third-order valence-corrected chi connectivity index (χ3v) is 5.25. The molecule has 1 unspecified atom stereocenters. The zero-order valence-corrected chi connectivity index (χ0v) is 19.4. The lowest BCUT2D eigenvalue weighted by Crippen LogP contribution is -2.63. The molecule has 0 aliphatic carbocycles. The highest BCUT2D eigenvalue weighted by Crippen LogP contribution is 2.40. The van der Waals surface area contributed by atoms with Gasteiger partial charge in [0.25, 0.3) is 0 Å². The van der Waals surface area contributed by atoms with Crippen molar-refractivity contribution < 1.29 is 14.2 Å². The van der Waals surface area contributed by atoms with Crippen LogP contribution in [0.15, 0.2) is 30.3 Å². The van der Waals surface area contributed by atoms with Crippen LogP contribution in [0.4, 0.5) is 0 Å². The first-order chi connectivity index (χ1) is 14.1. The van der Waals surface area contributed by atoms with Crippen LogP contribution in [0.3, 0.4) is 0 Å². The van der Waals surface area contributed by atoms with Gasteiger partial charge >= 0.3 is 5.97 Å². The molecule has 0 aliphatic rings. The summed E-state index contributed by atoms with van der Waals surface area (Å²) in [7, 11) is 0. The SMILES string of the molecule is CCCCCCCCC(N)(c1ccccc1)C(OCCC)(OCCC)OCCC. The van der Waals surface area contributed by atoms with Gasteiger partial charge in [0.05, 0.1) is 19.8 Å². The van der Waals surface area contributed by atoms with Gasteiger partial charge in [0.15, 0.2) is 0 Å². The number of ether oxygens (including phenoxy) is 3. The lowest BCUT2D eigenvalue weighted by Gasteiger charge is -2.47. The Hall–Kier alpha value is -0.940. The van der Waals surface area contributed by atoms with Crippen molar-refractivity contribution in [1.82, 2.24) is 0 Å². The highest BCUT2D eigenvalue weighted by molar-refractivity contribution is 5.26. The van der Waals surface area contributed by atoms with E-state index >= 15 is 0 Å². The molecule has 0 radical (unpaired) electrons. The van der Waals surface area contributed by atoms with Gasteiger partial charge in [-0.25, -0.2) is 0 Å². The predicted molar refractivity (Wildman–Crippen MR) is 122 cm³/mol. The van der Waals surface area contributed by atoms with Crippen LogP contribution in [-0.2, 0) is 19.7 Å². The minimum Gasteiger partial charge on any atom is -0.326 e. The van der Waals surface area contributed by atoms with Gasteiger partial charge in [0.2, 0.25) is 0 Å². The molecule has 1 atom stereocenters.